The van der Waals surface area contributed by atoms with Gasteiger partial charge in [-0.05, 0) is 37.5 Å². The quantitative estimate of drug-likeness (QED) is 0.591. The van der Waals surface area contributed by atoms with Crippen molar-refractivity contribution in [2.24, 2.45) is 11.3 Å². The lowest BCUT2D eigenvalue weighted by Gasteiger charge is -2.39. The summed E-state index contributed by atoms with van der Waals surface area (Å²) in [5, 5.41) is 8.86. The van der Waals surface area contributed by atoms with Crippen molar-refractivity contribution in [3.05, 3.63) is 24.2 Å². The zero-order valence-electron chi connectivity index (χ0n) is 18.1. The highest BCUT2D eigenvalue weighted by Crippen LogP contribution is 2.44. The summed E-state index contributed by atoms with van der Waals surface area (Å²) in [4.78, 5) is 21.1. The first-order valence-electron chi connectivity index (χ1n) is 10.3. The number of carbonyl (C=O) groups excluding carboxylic acids is 1. The molecule has 0 aromatic carbocycles. The van der Waals surface area contributed by atoms with Crippen LogP contribution in [0.3, 0.4) is 0 Å². The van der Waals surface area contributed by atoms with Gasteiger partial charge < -0.3 is 9.47 Å². The fraction of sp³-hybridized carbons (Fsp3) is 0.571. The Morgan fingerprint density at radius 1 is 1.23 bits per heavy atom. The largest absolute Gasteiger partial charge is 0.479 e. The molecule has 4 rings (SSSR count). The third-order valence-electron chi connectivity index (χ3n) is 5.60. The van der Waals surface area contributed by atoms with Crippen molar-refractivity contribution in [2.45, 2.75) is 53.0 Å². The minimum Gasteiger partial charge on any atom is -0.479 e. The van der Waals surface area contributed by atoms with Crippen molar-refractivity contribution in [1.82, 2.24) is 29.5 Å². The number of ether oxygens (including phenoxy) is 2. The first-order chi connectivity index (χ1) is 14.3. The van der Waals surface area contributed by atoms with Gasteiger partial charge in [0.2, 0.25) is 5.88 Å². The van der Waals surface area contributed by atoms with Gasteiger partial charge in [0.15, 0.2) is 0 Å². The molecule has 30 heavy (non-hydrogen) atoms. The number of nitrogens with zero attached hydrogens (tertiary/aromatic N) is 6. The molecule has 0 aliphatic heterocycles. The Morgan fingerprint density at radius 3 is 2.73 bits per heavy atom. The summed E-state index contributed by atoms with van der Waals surface area (Å²) >= 11 is 0. The lowest BCUT2D eigenvalue weighted by Crippen LogP contribution is -2.30. The third kappa shape index (κ3) is 3.76. The summed E-state index contributed by atoms with van der Waals surface area (Å²) in [5.74, 6) is 0.941. The second kappa shape index (κ2) is 7.70. The van der Waals surface area contributed by atoms with Gasteiger partial charge in [0.25, 0.3) is 5.95 Å². The van der Waals surface area contributed by atoms with Gasteiger partial charge in [0, 0.05) is 6.20 Å². The maximum Gasteiger partial charge on any atom is 0.341 e. The number of methoxy groups -OCH3 is 1. The fourth-order valence-electron chi connectivity index (χ4n) is 4.67. The van der Waals surface area contributed by atoms with E-state index in [1.807, 2.05) is 4.68 Å². The summed E-state index contributed by atoms with van der Waals surface area (Å²) in [6.07, 6.45) is 8.04. The van der Waals surface area contributed by atoms with E-state index in [9.17, 15) is 4.79 Å². The van der Waals surface area contributed by atoms with E-state index >= 15 is 0 Å². The van der Waals surface area contributed by atoms with Gasteiger partial charge in [0.1, 0.15) is 11.0 Å². The standard InChI is InChI=1S/C21H28N6O3/c1-6-30-19(28)14-10-22-26(12-14)20-24-16-11-23-27(17(16)18(25-20)29-5)15-7-13(2)8-21(3,4)9-15/h10-13,15H,6-9H2,1-5H3. The van der Waals surface area contributed by atoms with Crippen molar-refractivity contribution in [1.29, 1.82) is 0 Å². The van der Waals surface area contributed by atoms with Crippen LogP contribution < -0.4 is 4.74 Å². The molecule has 9 heteroatoms. The number of carbonyl (C=O) groups is 1. The molecule has 3 heterocycles. The van der Waals surface area contributed by atoms with E-state index in [1.54, 1.807) is 26.4 Å². The van der Waals surface area contributed by atoms with E-state index in [4.69, 9.17) is 9.47 Å². The molecule has 3 aromatic rings. The minimum absolute atomic E-state index is 0.257. The fourth-order valence-corrected chi connectivity index (χ4v) is 4.67. The van der Waals surface area contributed by atoms with Crippen LogP contribution in [0.4, 0.5) is 0 Å². The van der Waals surface area contributed by atoms with E-state index in [0.717, 1.165) is 18.4 Å². The van der Waals surface area contributed by atoms with Crippen LogP contribution in [-0.2, 0) is 4.74 Å². The molecule has 0 spiro atoms. The van der Waals surface area contributed by atoms with Crippen molar-refractivity contribution in [3.8, 4) is 11.8 Å². The number of hydrogen-bond donors (Lipinski definition) is 0. The Hall–Kier alpha value is -2.97. The van der Waals surface area contributed by atoms with Crippen LogP contribution in [0.15, 0.2) is 18.6 Å². The average molecular weight is 412 g/mol. The molecule has 0 radical (unpaired) electrons. The summed E-state index contributed by atoms with van der Waals surface area (Å²) < 4.78 is 14.1. The second-order valence-electron chi connectivity index (χ2n) is 8.82. The average Bonchev–Trinajstić information content (AvgIpc) is 3.33. The van der Waals surface area contributed by atoms with Crippen molar-refractivity contribution in [3.63, 3.8) is 0 Å². The number of hydrogen-bond acceptors (Lipinski definition) is 7. The molecule has 3 aromatic heterocycles. The lowest BCUT2D eigenvalue weighted by molar-refractivity contribution is 0.0526. The molecule has 0 N–H and O–H groups in total. The van der Waals surface area contributed by atoms with Gasteiger partial charge in [-0.15, -0.1) is 0 Å². The molecule has 0 amide bonds. The topological polar surface area (TPSA) is 97.0 Å². The van der Waals surface area contributed by atoms with Crippen LogP contribution in [-0.4, -0.2) is 49.2 Å². The number of esters is 1. The zero-order chi connectivity index (χ0) is 21.5. The Labute approximate surface area is 175 Å². The van der Waals surface area contributed by atoms with Gasteiger partial charge >= 0.3 is 5.97 Å². The van der Waals surface area contributed by atoms with E-state index in [-0.39, 0.29) is 11.5 Å². The highest BCUT2D eigenvalue weighted by Gasteiger charge is 2.34. The van der Waals surface area contributed by atoms with Crippen molar-refractivity contribution in [2.75, 3.05) is 13.7 Å². The second-order valence-corrected chi connectivity index (χ2v) is 8.82. The Kier molecular flexibility index (Phi) is 5.21. The van der Waals surface area contributed by atoms with E-state index < -0.39 is 5.97 Å². The summed E-state index contributed by atoms with van der Waals surface area (Å²) in [6, 6.07) is 0.268. The van der Waals surface area contributed by atoms with Crippen LogP contribution >= 0.6 is 0 Å². The number of rotatable bonds is 5. The summed E-state index contributed by atoms with van der Waals surface area (Å²) in [5.41, 5.74) is 2.07. The normalized spacial score (nSPS) is 21.0. The van der Waals surface area contributed by atoms with Crippen molar-refractivity contribution < 1.29 is 14.3 Å². The van der Waals surface area contributed by atoms with Gasteiger partial charge in [-0.3, -0.25) is 4.68 Å². The predicted molar refractivity (Wildman–Crippen MR) is 111 cm³/mol. The van der Waals surface area contributed by atoms with E-state index in [0.29, 0.717) is 35.4 Å². The van der Waals surface area contributed by atoms with E-state index in [1.165, 1.54) is 17.3 Å². The highest BCUT2D eigenvalue weighted by atomic mass is 16.5. The van der Waals surface area contributed by atoms with Crippen LogP contribution in [0.1, 0.15) is 63.4 Å². The van der Waals surface area contributed by atoms with Crippen LogP contribution in [0.2, 0.25) is 0 Å². The molecule has 2 unspecified atom stereocenters. The Morgan fingerprint density at radius 2 is 2.03 bits per heavy atom. The molecule has 2 atom stereocenters. The molecular weight excluding hydrogens is 384 g/mol. The number of fused-ring (bicyclic) bond motifs is 1. The summed E-state index contributed by atoms with van der Waals surface area (Å²) in [6.45, 7) is 8.98. The molecule has 0 saturated heterocycles. The Balaban J connectivity index is 1.72. The predicted octanol–water partition coefficient (Wildman–Crippen LogP) is 3.58. The summed E-state index contributed by atoms with van der Waals surface area (Å²) in [7, 11) is 1.59. The molecule has 1 saturated carbocycles. The molecule has 1 aliphatic carbocycles. The molecule has 0 bridgehead atoms. The lowest BCUT2D eigenvalue weighted by atomic mass is 9.70. The first-order valence-corrected chi connectivity index (χ1v) is 10.3. The van der Waals surface area contributed by atoms with Gasteiger partial charge in [0.05, 0.1) is 37.7 Å². The maximum atomic E-state index is 11.9. The number of aromatic nitrogens is 6. The van der Waals surface area contributed by atoms with Crippen molar-refractivity contribution >= 4 is 17.0 Å². The molecule has 1 fully saturated rings. The zero-order valence-corrected chi connectivity index (χ0v) is 18.1. The van der Waals surface area contributed by atoms with Gasteiger partial charge in [-0.25, -0.2) is 14.5 Å². The van der Waals surface area contributed by atoms with E-state index in [2.05, 4.69) is 40.9 Å². The first kappa shape index (κ1) is 20.3. The minimum atomic E-state index is -0.432. The maximum absolute atomic E-state index is 11.9. The molecule has 9 nitrogen and oxygen atoms in total. The third-order valence-corrected chi connectivity index (χ3v) is 5.60. The molecular formula is C21H28N6O3. The van der Waals surface area contributed by atoms with Crippen LogP contribution in [0, 0.1) is 11.3 Å². The SMILES string of the molecule is CCOC(=O)c1cnn(-c2nc(OC)c3c(cnn3C3CC(C)CC(C)(C)C3)n2)c1. The molecule has 160 valence electrons. The smallest absolute Gasteiger partial charge is 0.341 e. The Bertz CT molecular complexity index is 1070. The van der Waals surface area contributed by atoms with Crippen LogP contribution in [0.25, 0.3) is 17.0 Å². The van der Waals surface area contributed by atoms with Gasteiger partial charge in [-0.2, -0.15) is 15.2 Å². The monoisotopic (exact) mass is 412 g/mol. The van der Waals surface area contributed by atoms with Gasteiger partial charge in [-0.1, -0.05) is 20.8 Å². The molecule has 1 aliphatic rings. The van der Waals surface area contributed by atoms with Crippen LogP contribution in [0.5, 0.6) is 5.88 Å². The highest BCUT2D eigenvalue weighted by molar-refractivity contribution is 5.88.